The Balaban J connectivity index is 0.00000289. The van der Waals surface area contributed by atoms with Gasteiger partial charge in [0.1, 0.15) is 5.75 Å². The number of halogens is 1. The van der Waals surface area contributed by atoms with Gasteiger partial charge in [0.05, 0.1) is 0 Å². The number of phenols is 1. The van der Waals surface area contributed by atoms with Gasteiger partial charge in [-0.15, -0.1) is 12.4 Å². The lowest BCUT2D eigenvalue weighted by Crippen LogP contribution is -2.24. The Kier molecular flexibility index (Phi) is 5.17. The van der Waals surface area contributed by atoms with Crippen molar-refractivity contribution in [1.29, 1.82) is 0 Å². The van der Waals surface area contributed by atoms with Gasteiger partial charge in [-0.3, -0.25) is 4.79 Å². The van der Waals surface area contributed by atoms with Crippen LogP contribution in [0.5, 0.6) is 5.75 Å². The van der Waals surface area contributed by atoms with E-state index in [2.05, 4.69) is 4.99 Å². The van der Waals surface area contributed by atoms with Crippen LogP contribution < -0.4 is 11.5 Å². The Morgan fingerprint density at radius 1 is 1.28 bits per heavy atom. The molecular weight excluding hydrogens is 254 g/mol. The third-order valence-electron chi connectivity index (χ3n) is 2.28. The number of rotatable bonds is 1. The van der Waals surface area contributed by atoms with Crippen LogP contribution in [0.3, 0.4) is 0 Å². The van der Waals surface area contributed by atoms with Gasteiger partial charge >= 0.3 is 0 Å². The van der Waals surface area contributed by atoms with Crippen LogP contribution in [-0.2, 0) is 5.41 Å². The molecule has 1 aromatic rings. The molecule has 5 N–H and O–H groups in total. The molecule has 0 saturated carbocycles. The molecule has 0 atom stereocenters. The van der Waals surface area contributed by atoms with Gasteiger partial charge in [0.15, 0.2) is 5.96 Å². The van der Waals surface area contributed by atoms with E-state index in [0.717, 1.165) is 0 Å². The number of amides is 1. The van der Waals surface area contributed by atoms with Gasteiger partial charge in [0, 0.05) is 11.1 Å². The molecule has 0 fully saturated rings. The van der Waals surface area contributed by atoms with Gasteiger partial charge in [0.25, 0.3) is 5.91 Å². The maximum atomic E-state index is 11.6. The van der Waals surface area contributed by atoms with Crippen LogP contribution >= 0.6 is 12.4 Å². The van der Waals surface area contributed by atoms with Crippen molar-refractivity contribution in [1.82, 2.24) is 0 Å². The number of aliphatic imine (C=N–C) groups is 1. The topological polar surface area (TPSA) is 102 Å². The largest absolute Gasteiger partial charge is 0.508 e. The van der Waals surface area contributed by atoms with Crippen molar-refractivity contribution >= 4 is 24.3 Å². The summed E-state index contributed by atoms with van der Waals surface area (Å²) in [6.45, 7) is 5.82. The summed E-state index contributed by atoms with van der Waals surface area (Å²) in [5, 5.41) is 9.74. The zero-order chi connectivity index (χ0) is 13.2. The zero-order valence-corrected chi connectivity index (χ0v) is 11.4. The Hall–Kier alpha value is -1.75. The summed E-state index contributed by atoms with van der Waals surface area (Å²) < 4.78 is 0. The average molecular weight is 272 g/mol. The van der Waals surface area contributed by atoms with E-state index in [1.54, 1.807) is 6.07 Å². The minimum absolute atomic E-state index is 0. The van der Waals surface area contributed by atoms with Gasteiger partial charge in [-0.2, -0.15) is 4.99 Å². The number of nitrogens with two attached hydrogens (primary N) is 2. The second-order valence-corrected chi connectivity index (χ2v) is 4.82. The molecule has 1 aromatic carbocycles. The summed E-state index contributed by atoms with van der Waals surface area (Å²) in [4.78, 5) is 15.1. The maximum Gasteiger partial charge on any atom is 0.280 e. The zero-order valence-electron chi connectivity index (χ0n) is 10.6. The molecule has 6 heteroatoms. The van der Waals surface area contributed by atoms with E-state index in [1.807, 2.05) is 20.8 Å². The number of hydrogen-bond acceptors (Lipinski definition) is 2. The van der Waals surface area contributed by atoms with Crippen LogP contribution in [0, 0.1) is 0 Å². The average Bonchev–Trinajstić information content (AvgIpc) is 2.15. The van der Waals surface area contributed by atoms with E-state index in [1.165, 1.54) is 12.1 Å². The highest BCUT2D eigenvalue weighted by Gasteiger charge is 2.19. The number of aromatic hydroxyl groups is 1. The fourth-order valence-corrected chi connectivity index (χ4v) is 1.45. The molecule has 0 aliphatic rings. The molecular formula is C12H18ClN3O2. The standard InChI is InChI=1S/C12H17N3O2.ClH/c1-12(2,3)8-6-7(4-5-9(8)16)10(17)15-11(13)14;/h4-6,16H,1-3H3,(H4,13,14,15,17);1H. The van der Waals surface area contributed by atoms with E-state index in [4.69, 9.17) is 11.5 Å². The second-order valence-electron chi connectivity index (χ2n) is 4.82. The highest BCUT2D eigenvalue weighted by molar-refractivity contribution is 6.02. The van der Waals surface area contributed by atoms with Crippen molar-refractivity contribution in [3.05, 3.63) is 29.3 Å². The SMILES string of the molecule is CC(C)(C)c1cc(C(=O)N=C(N)N)ccc1O.Cl. The number of carbonyl (C=O) groups is 1. The van der Waals surface area contributed by atoms with Crippen LogP contribution in [0.1, 0.15) is 36.7 Å². The van der Waals surface area contributed by atoms with Crippen LogP contribution in [0.15, 0.2) is 23.2 Å². The van der Waals surface area contributed by atoms with Gasteiger partial charge in [0.2, 0.25) is 0 Å². The Labute approximate surface area is 112 Å². The summed E-state index contributed by atoms with van der Waals surface area (Å²) in [5.74, 6) is -0.644. The van der Waals surface area contributed by atoms with Crippen LogP contribution in [0.4, 0.5) is 0 Å². The third-order valence-corrected chi connectivity index (χ3v) is 2.28. The summed E-state index contributed by atoms with van der Waals surface area (Å²) in [6, 6.07) is 4.56. The van der Waals surface area contributed by atoms with Crippen molar-refractivity contribution < 1.29 is 9.90 Å². The predicted octanol–water partition coefficient (Wildman–Crippen LogP) is 1.53. The summed E-state index contributed by atoms with van der Waals surface area (Å²) in [6.07, 6.45) is 0. The molecule has 0 radical (unpaired) electrons. The molecule has 0 bridgehead atoms. The van der Waals surface area contributed by atoms with Crippen molar-refractivity contribution in [3.63, 3.8) is 0 Å². The summed E-state index contributed by atoms with van der Waals surface area (Å²) in [5.41, 5.74) is 11.0. The number of hydrogen-bond donors (Lipinski definition) is 3. The van der Waals surface area contributed by atoms with E-state index < -0.39 is 5.91 Å². The first-order valence-corrected chi connectivity index (χ1v) is 5.19. The number of phenolic OH excluding ortho intramolecular Hbond substituents is 1. The van der Waals surface area contributed by atoms with E-state index >= 15 is 0 Å². The first-order chi connectivity index (χ1) is 7.71. The fourth-order valence-electron chi connectivity index (χ4n) is 1.45. The van der Waals surface area contributed by atoms with Gasteiger partial charge in [-0.05, 0) is 23.6 Å². The molecule has 0 unspecified atom stereocenters. The minimum Gasteiger partial charge on any atom is -0.508 e. The molecule has 0 spiro atoms. The Morgan fingerprint density at radius 2 is 1.83 bits per heavy atom. The second kappa shape index (κ2) is 5.73. The molecule has 0 aliphatic heterocycles. The lowest BCUT2D eigenvalue weighted by molar-refractivity contribution is 0.100. The van der Waals surface area contributed by atoms with Crippen LogP contribution in [0.2, 0.25) is 0 Å². The fraction of sp³-hybridized carbons (Fsp3) is 0.333. The number of guanidine groups is 1. The van der Waals surface area contributed by atoms with Crippen molar-refractivity contribution in [3.8, 4) is 5.75 Å². The number of carbonyl (C=O) groups excluding carboxylic acids is 1. The van der Waals surface area contributed by atoms with Crippen LogP contribution in [-0.4, -0.2) is 17.0 Å². The highest BCUT2D eigenvalue weighted by Crippen LogP contribution is 2.31. The monoisotopic (exact) mass is 271 g/mol. The lowest BCUT2D eigenvalue weighted by atomic mass is 9.85. The number of benzene rings is 1. The summed E-state index contributed by atoms with van der Waals surface area (Å²) in [7, 11) is 0. The van der Waals surface area contributed by atoms with Gasteiger partial charge < -0.3 is 16.6 Å². The Bertz CT molecular complexity index is 475. The molecule has 18 heavy (non-hydrogen) atoms. The maximum absolute atomic E-state index is 11.6. The molecule has 0 saturated heterocycles. The molecule has 0 aliphatic carbocycles. The first kappa shape index (κ1) is 16.2. The van der Waals surface area contributed by atoms with E-state index in [-0.39, 0.29) is 29.5 Å². The van der Waals surface area contributed by atoms with Crippen molar-refractivity contribution in [2.24, 2.45) is 16.5 Å². The summed E-state index contributed by atoms with van der Waals surface area (Å²) >= 11 is 0. The molecule has 0 heterocycles. The first-order valence-electron chi connectivity index (χ1n) is 5.19. The van der Waals surface area contributed by atoms with Gasteiger partial charge in [-0.1, -0.05) is 20.8 Å². The minimum atomic E-state index is -0.518. The predicted molar refractivity (Wildman–Crippen MR) is 74.2 cm³/mol. The quantitative estimate of drug-likeness (QED) is 0.532. The molecule has 1 rings (SSSR count). The van der Waals surface area contributed by atoms with Crippen LogP contribution in [0.25, 0.3) is 0 Å². The van der Waals surface area contributed by atoms with Crippen molar-refractivity contribution in [2.45, 2.75) is 26.2 Å². The third kappa shape index (κ3) is 3.92. The molecule has 100 valence electrons. The normalized spacial score (nSPS) is 10.4. The molecule has 5 nitrogen and oxygen atoms in total. The number of nitrogens with zero attached hydrogens (tertiary/aromatic N) is 1. The lowest BCUT2D eigenvalue weighted by Gasteiger charge is -2.20. The van der Waals surface area contributed by atoms with E-state index in [9.17, 15) is 9.90 Å². The van der Waals surface area contributed by atoms with E-state index in [0.29, 0.717) is 11.1 Å². The Morgan fingerprint density at radius 3 is 2.28 bits per heavy atom. The smallest absolute Gasteiger partial charge is 0.280 e. The molecule has 1 amide bonds. The van der Waals surface area contributed by atoms with Crippen molar-refractivity contribution in [2.75, 3.05) is 0 Å². The molecule has 0 aromatic heterocycles. The highest BCUT2D eigenvalue weighted by atomic mass is 35.5. The van der Waals surface area contributed by atoms with Gasteiger partial charge in [-0.25, -0.2) is 0 Å².